The first-order valence-electron chi connectivity index (χ1n) is 8.49. The van der Waals surface area contributed by atoms with Gasteiger partial charge in [-0.2, -0.15) is 0 Å². The highest BCUT2D eigenvalue weighted by Crippen LogP contribution is 2.26. The molecule has 2 rings (SSSR count). The third-order valence-electron chi connectivity index (χ3n) is 4.52. The molecule has 0 aliphatic heterocycles. The SMILES string of the molecule is CCOC(=O)c1cc(CNC2CC(N(CC)CC(=O)O)C2)[nH]c1C. The van der Waals surface area contributed by atoms with Crippen LogP contribution in [0, 0.1) is 6.92 Å². The van der Waals surface area contributed by atoms with Gasteiger partial charge in [0, 0.05) is 30.0 Å². The van der Waals surface area contributed by atoms with Crippen molar-refractivity contribution in [3.63, 3.8) is 0 Å². The van der Waals surface area contributed by atoms with Crippen molar-refractivity contribution in [1.29, 1.82) is 0 Å². The summed E-state index contributed by atoms with van der Waals surface area (Å²) < 4.78 is 5.03. The second-order valence-corrected chi connectivity index (χ2v) is 6.21. The maximum absolute atomic E-state index is 11.8. The molecule has 3 N–H and O–H groups in total. The zero-order valence-corrected chi connectivity index (χ0v) is 14.6. The molecular weight excluding hydrogens is 310 g/mol. The van der Waals surface area contributed by atoms with Crippen molar-refractivity contribution in [2.75, 3.05) is 19.7 Å². The second-order valence-electron chi connectivity index (χ2n) is 6.21. The highest BCUT2D eigenvalue weighted by atomic mass is 16.5. The number of aryl methyl sites for hydroxylation is 1. The number of H-pyrrole nitrogens is 1. The van der Waals surface area contributed by atoms with Crippen molar-refractivity contribution in [1.82, 2.24) is 15.2 Å². The van der Waals surface area contributed by atoms with E-state index in [-0.39, 0.29) is 12.5 Å². The Bertz CT molecular complexity index is 578. The molecule has 1 heterocycles. The molecule has 0 radical (unpaired) electrons. The standard InChI is InChI=1S/C17H27N3O4/c1-4-20(10-16(21)22)14-6-12(7-14)18-9-13-8-15(11(3)19-13)17(23)24-5-2/h8,12,14,18-19H,4-7,9-10H2,1-3H3,(H,21,22). The minimum atomic E-state index is -0.776. The summed E-state index contributed by atoms with van der Waals surface area (Å²) >= 11 is 0. The van der Waals surface area contributed by atoms with Gasteiger partial charge in [-0.25, -0.2) is 4.79 Å². The predicted octanol–water partition coefficient (Wildman–Crippen LogP) is 1.53. The predicted molar refractivity (Wildman–Crippen MR) is 90.0 cm³/mol. The maximum Gasteiger partial charge on any atom is 0.339 e. The van der Waals surface area contributed by atoms with E-state index in [9.17, 15) is 9.59 Å². The van der Waals surface area contributed by atoms with Gasteiger partial charge in [0.25, 0.3) is 0 Å². The number of carboxylic acid groups (broad SMARTS) is 1. The van der Waals surface area contributed by atoms with Gasteiger partial charge in [-0.15, -0.1) is 0 Å². The minimum absolute atomic E-state index is 0.104. The number of aliphatic carboxylic acids is 1. The van der Waals surface area contributed by atoms with Gasteiger partial charge in [0.15, 0.2) is 0 Å². The average molecular weight is 337 g/mol. The fourth-order valence-corrected chi connectivity index (χ4v) is 3.12. The number of carboxylic acids is 1. The Balaban J connectivity index is 1.78. The number of hydrogen-bond donors (Lipinski definition) is 3. The molecule has 1 aliphatic rings. The quantitative estimate of drug-likeness (QED) is 0.592. The summed E-state index contributed by atoms with van der Waals surface area (Å²) in [5.74, 6) is -1.07. The third-order valence-corrected chi connectivity index (χ3v) is 4.52. The monoisotopic (exact) mass is 337 g/mol. The van der Waals surface area contributed by atoms with E-state index in [0.717, 1.165) is 30.8 Å². The first-order chi connectivity index (χ1) is 11.4. The van der Waals surface area contributed by atoms with E-state index in [2.05, 4.69) is 10.3 Å². The number of aromatic amines is 1. The number of ether oxygens (including phenoxy) is 1. The average Bonchev–Trinajstić information content (AvgIpc) is 2.85. The van der Waals surface area contributed by atoms with Crippen molar-refractivity contribution >= 4 is 11.9 Å². The molecule has 1 aromatic rings. The third kappa shape index (κ3) is 4.58. The van der Waals surface area contributed by atoms with Crippen LogP contribution in [0.4, 0.5) is 0 Å². The van der Waals surface area contributed by atoms with E-state index in [1.54, 1.807) is 6.92 Å². The molecule has 0 amide bonds. The Morgan fingerprint density at radius 1 is 1.42 bits per heavy atom. The van der Waals surface area contributed by atoms with Crippen molar-refractivity contribution < 1.29 is 19.4 Å². The molecular formula is C17H27N3O4. The number of carbonyl (C=O) groups is 2. The van der Waals surface area contributed by atoms with Crippen molar-refractivity contribution in [2.24, 2.45) is 0 Å². The van der Waals surface area contributed by atoms with E-state index >= 15 is 0 Å². The Kier molecular flexibility index (Phi) is 6.39. The lowest BCUT2D eigenvalue weighted by atomic mass is 9.85. The molecule has 1 aromatic heterocycles. The maximum atomic E-state index is 11.8. The van der Waals surface area contributed by atoms with Gasteiger partial charge in [0.05, 0.1) is 18.7 Å². The Morgan fingerprint density at radius 2 is 2.12 bits per heavy atom. The largest absolute Gasteiger partial charge is 0.480 e. The van der Waals surface area contributed by atoms with E-state index in [1.165, 1.54) is 0 Å². The lowest BCUT2D eigenvalue weighted by Gasteiger charge is -2.42. The molecule has 24 heavy (non-hydrogen) atoms. The van der Waals surface area contributed by atoms with Gasteiger partial charge < -0.3 is 20.1 Å². The van der Waals surface area contributed by atoms with Gasteiger partial charge in [0.2, 0.25) is 0 Å². The number of rotatable bonds is 9. The molecule has 1 saturated carbocycles. The molecule has 0 bridgehead atoms. The van der Waals surface area contributed by atoms with Gasteiger partial charge in [0.1, 0.15) is 0 Å². The number of aromatic nitrogens is 1. The Morgan fingerprint density at radius 3 is 2.71 bits per heavy atom. The number of nitrogens with one attached hydrogen (secondary N) is 2. The molecule has 0 atom stereocenters. The highest BCUT2D eigenvalue weighted by Gasteiger charge is 2.33. The lowest BCUT2D eigenvalue weighted by Crippen LogP contribution is -2.53. The van der Waals surface area contributed by atoms with Crippen LogP contribution in [0.1, 0.15) is 48.4 Å². The van der Waals surface area contributed by atoms with Gasteiger partial charge in [-0.3, -0.25) is 9.69 Å². The first-order valence-corrected chi connectivity index (χ1v) is 8.49. The molecule has 0 aromatic carbocycles. The summed E-state index contributed by atoms with van der Waals surface area (Å²) in [4.78, 5) is 27.9. The van der Waals surface area contributed by atoms with Crippen LogP contribution in [0.5, 0.6) is 0 Å². The van der Waals surface area contributed by atoms with Gasteiger partial charge in [-0.05, 0) is 39.3 Å². The molecule has 0 spiro atoms. The van der Waals surface area contributed by atoms with Crippen LogP contribution in [0.2, 0.25) is 0 Å². The van der Waals surface area contributed by atoms with Crippen LogP contribution < -0.4 is 5.32 Å². The van der Waals surface area contributed by atoms with Crippen molar-refractivity contribution in [2.45, 2.75) is 52.2 Å². The molecule has 7 nitrogen and oxygen atoms in total. The summed E-state index contributed by atoms with van der Waals surface area (Å²) in [6.45, 7) is 7.52. The normalized spacial score (nSPS) is 20.0. The van der Waals surface area contributed by atoms with Crippen LogP contribution in [0.3, 0.4) is 0 Å². The minimum Gasteiger partial charge on any atom is -0.480 e. The van der Waals surface area contributed by atoms with Gasteiger partial charge >= 0.3 is 11.9 Å². The molecule has 134 valence electrons. The summed E-state index contributed by atoms with van der Waals surface area (Å²) in [5.41, 5.74) is 2.35. The molecule has 7 heteroatoms. The van der Waals surface area contributed by atoms with Crippen LogP contribution >= 0.6 is 0 Å². The Labute approximate surface area is 142 Å². The highest BCUT2D eigenvalue weighted by molar-refractivity contribution is 5.90. The number of esters is 1. The number of nitrogens with zero attached hydrogens (tertiary/aromatic N) is 1. The second kappa shape index (κ2) is 8.30. The molecule has 1 aliphatic carbocycles. The van der Waals surface area contributed by atoms with Crippen molar-refractivity contribution in [3.05, 3.63) is 23.0 Å². The van der Waals surface area contributed by atoms with E-state index in [0.29, 0.717) is 30.8 Å². The van der Waals surface area contributed by atoms with E-state index in [1.807, 2.05) is 24.8 Å². The summed E-state index contributed by atoms with van der Waals surface area (Å²) in [6, 6.07) is 2.55. The zero-order valence-electron chi connectivity index (χ0n) is 14.6. The van der Waals surface area contributed by atoms with E-state index in [4.69, 9.17) is 9.84 Å². The van der Waals surface area contributed by atoms with Crippen LogP contribution in [0.15, 0.2) is 6.07 Å². The smallest absolute Gasteiger partial charge is 0.339 e. The molecule has 0 saturated heterocycles. The van der Waals surface area contributed by atoms with E-state index < -0.39 is 5.97 Å². The summed E-state index contributed by atoms with van der Waals surface area (Å²) in [5, 5.41) is 12.4. The van der Waals surface area contributed by atoms with Gasteiger partial charge in [-0.1, -0.05) is 6.92 Å². The summed E-state index contributed by atoms with van der Waals surface area (Å²) in [7, 11) is 0. The molecule has 0 unspecified atom stereocenters. The number of hydrogen-bond acceptors (Lipinski definition) is 5. The fourth-order valence-electron chi connectivity index (χ4n) is 3.12. The van der Waals surface area contributed by atoms with Crippen LogP contribution in [-0.4, -0.2) is 58.7 Å². The summed E-state index contributed by atoms with van der Waals surface area (Å²) in [6.07, 6.45) is 1.90. The van der Waals surface area contributed by atoms with Crippen LogP contribution in [-0.2, 0) is 16.1 Å². The first kappa shape index (κ1) is 18.5. The Hall–Kier alpha value is -1.86. The zero-order chi connectivity index (χ0) is 17.7. The van der Waals surface area contributed by atoms with Crippen molar-refractivity contribution in [3.8, 4) is 0 Å². The fraction of sp³-hybridized carbons (Fsp3) is 0.647. The number of carbonyl (C=O) groups excluding carboxylic acids is 1. The topological polar surface area (TPSA) is 94.7 Å². The molecule has 1 fully saturated rings. The number of likely N-dealkylation sites (N-methyl/N-ethyl adjacent to an activating group) is 1. The lowest BCUT2D eigenvalue weighted by molar-refractivity contribution is -0.139. The van der Waals surface area contributed by atoms with Crippen LogP contribution in [0.25, 0.3) is 0 Å².